The van der Waals surface area contributed by atoms with E-state index in [-0.39, 0.29) is 29.8 Å². The first-order chi connectivity index (χ1) is 13.5. The summed E-state index contributed by atoms with van der Waals surface area (Å²) in [5.74, 6) is -1.85. The molecule has 28 heavy (non-hydrogen) atoms. The van der Waals surface area contributed by atoms with Crippen LogP contribution >= 0.6 is 0 Å². The van der Waals surface area contributed by atoms with Crippen molar-refractivity contribution in [3.8, 4) is 5.75 Å². The molecule has 0 saturated carbocycles. The number of nitrogens with zero attached hydrogens (tertiary/aromatic N) is 2. The highest BCUT2D eigenvalue weighted by Gasteiger charge is 2.13. The number of fused-ring (bicyclic) bond motifs is 1. The van der Waals surface area contributed by atoms with E-state index in [2.05, 4.69) is 4.98 Å². The number of ketones is 1. The van der Waals surface area contributed by atoms with Crippen LogP contribution in [0.5, 0.6) is 5.75 Å². The van der Waals surface area contributed by atoms with Crippen LogP contribution in [0.15, 0.2) is 53.6 Å². The molecule has 7 nitrogen and oxygen atoms in total. The zero-order valence-electron chi connectivity index (χ0n) is 15.1. The van der Waals surface area contributed by atoms with Crippen molar-refractivity contribution in [1.82, 2.24) is 9.55 Å². The minimum Gasteiger partial charge on any atom is -0.494 e. The van der Waals surface area contributed by atoms with Crippen LogP contribution in [-0.2, 0) is 16.1 Å². The number of aromatic nitrogens is 2. The highest BCUT2D eigenvalue weighted by Crippen LogP contribution is 2.18. The SMILES string of the molecule is COc1ccc(C(=O)COC(=O)CCn2cnc3ccccc3c2=O)cc1F. The Morgan fingerprint density at radius 3 is 2.71 bits per heavy atom. The minimum atomic E-state index is -0.678. The fourth-order valence-electron chi connectivity index (χ4n) is 2.62. The van der Waals surface area contributed by atoms with Gasteiger partial charge < -0.3 is 9.47 Å². The fourth-order valence-corrected chi connectivity index (χ4v) is 2.62. The maximum atomic E-state index is 13.6. The van der Waals surface area contributed by atoms with Gasteiger partial charge in [0.25, 0.3) is 5.56 Å². The summed E-state index contributed by atoms with van der Waals surface area (Å²) in [7, 11) is 1.32. The van der Waals surface area contributed by atoms with Crippen LogP contribution in [0.3, 0.4) is 0 Å². The van der Waals surface area contributed by atoms with Gasteiger partial charge in [0.05, 0.1) is 30.8 Å². The monoisotopic (exact) mass is 384 g/mol. The van der Waals surface area contributed by atoms with Crippen molar-refractivity contribution in [1.29, 1.82) is 0 Å². The van der Waals surface area contributed by atoms with Gasteiger partial charge in [-0.05, 0) is 30.3 Å². The Morgan fingerprint density at radius 2 is 1.96 bits per heavy atom. The average Bonchev–Trinajstić information content (AvgIpc) is 2.71. The predicted molar refractivity (Wildman–Crippen MR) is 98.9 cm³/mol. The summed E-state index contributed by atoms with van der Waals surface area (Å²) in [5.41, 5.74) is 0.382. The Kier molecular flexibility index (Phi) is 5.78. The van der Waals surface area contributed by atoms with Crippen LogP contribution in [-0.4, -0.2) is 35.0 Å². The van der Waals surface area contributed by atoms with Crippen LogP contribution < -0.4 is 10.3 Å². The molecular formula is C20H17FN2O5. The van der Waals surface area contributed by atoms with Gasteiger partial charge in [-0.2, -0.15) is 0 Å². The van der Waals surface area contributed by atoms with Gasteiger partial charge in [-0.3, -0.25) is 19.0 Å². The zero-order chi connectivity index (χ0) is 20.1. The topological polar surface area (TPSA) is 87.5 Å². The zero-order valence-corrected chi connectivity index (χ0v) is 15.1. The summed E-state index contributed by atoms with van der Waals surface area (Å²) in [6.07, 6.45) is 1.26. The van der Waals surface area contributed by atoms with Crippen LogP contribution in [0.1, 0.15) is 16.8 Å². The quantitative estimate of drug-likeness (QED) is 0.459. The van der Waals surface area contributed by atoms with Crippen molar-refractivity contribution in [3.05, 3.63) is 70.5 Å². The van der Waals surface area contributed by atoms with E-state index in [0.717, 1.165) is 6.07 Å². The predicted octanol–water partition coefficient (Wildman–Crippen LogP) is 2.36. The molecule has 0 spiro atoms. The van der Waals surface area contributed by atoms with E-state index in [1.165, 1.54) is 30.1 Å². The summed E-state index contributed by atoms with van der Waals surface area (Å²) in [6, 6.07) is 10.6. The van der Waals surface area contributed by atoms with E-state index in [1.807, 2.05) is 0 Å². The molecule has 0 amide bonds. The number of esters is 1. The van der Waals surface area contributed by atoms with E-state index in [9.17, 15) is 18.8 Å². The van der Waals surface area contributed by atoms with Gasteiger partial charge in [-0.25, -0.2) is 9.37 Å². The molecule has 0 fully saturated rings. The number of rotatable bonds is 7. The first-order valence-electron chi connectivity index (χ1n) is 8.46. The molecule has 3 rings (SSSR count). The molecule has 0 saturated heterocycles. The van der Waals surface area contributed by atoms with E-state index < -0.39 is 24.2 Å². The summed E-state index contributed by atoms with van der Waals surface area (Å²) in [6.45, 7) is -0.448. The third-order valence-electron chi connectivity index (χ3n) is 4.13. The van der Waals surface area contributed by atoms with Gasteiger partial charge >= 0.3 is 5.97 Å². The Hall–Kier alpha value is -3.55. The number of ether oxygens (including phenoxy) is 2. The smallest absolute Gasteiger partial charge is 0.308 e. The lowest BCUT2D eigenvalue weighted by atomic mass is 10.1. The summed E-state index contributed by atoms with van der Waals surface area (Å²) < 4.78 is 24.7. The lowest BCUT2D eigenvalue weighted by molar-refractivity contribution is -0.142. The Morgan fingerprint density at radius 1 is 1.18 bits per heavy atom. The van der Waals surface area contributed by atoms with E-state index in [0.29, 0.717) is 10.9 Å². The molecule has 144 valence electrons. The number of para-hydroxylation sites is 1. The third kappa shape index (κ3) is 4.22. The summed E-state index contributed by atoms with van der Waals surface area (Å²) in [5, 5.41) is 0.454. The molecule has 0 bridgehead atoms. The summed E-state index contributed by atoms with van der Waals surface area (Å²) >= 11 is 0. The lowest BCUT2D eigenvalue weighted by Gasteiger charge is -2.08. The summed E-state index contributed by atoms with van der Waals surface area (Å²) in [4.78, 5) is 40.4. The highest BCUT2D eigenvalue weighted by atomic mass is 19.1. The van der Waals surface area contributed by atoms with Crippen LogP contribution in [0.2, 0.25) is 0 Å². The van der Waals surface area contributed by atoms with Crippen LogP contribution in [0, 0.1) is 5.82 Å². The lowest BCUT2D eigenvalue weighted by Crippen LogP contribution is -2.23. The van der Waals surface area contributed by atoms with Gasteiger partial charge in [-0.1, -0.05) is 12.1 Å². The van der Waals surface area contributed by atoms with E-state index in [4.69, 9.17) is 9.47 Å². The number of carbonyl (C=O) groups excluding carboxylic acids is 2. The molecule has 0 aliphatic carbocycles. The molecule has 0 N–H and O–H groups in total. The molecule has 1 heterocycles. The van der Waals surface area contributed by atoms with Crippen molar-refractivity contribution in [2.24, 2.45) is 0 Å². The van der Waals surface area contributed by atoms with Crippen molar-refractivity contribution in [3.63, 3.8) is 0 Å². The fraction of sp³-hybridized carbons (Fsp3) is 0.200. The molecule has 0 aliphatic heterocycles. The largest absolute Gasteiger partial charge is 0.494 e. The second-order valence-electron chi connectivity index (χ2n) is 5.94. The number of hydrogen-bond acceptors (Lipinski definition) is 6. The number of hydrogen-bond donors (Lipinski definition) is 0. The first-order valence-corrected chi connectivity index (χ1v) is 8.46. The molecule has 0 atom stereocenters. The number of benzene rings is 2. The van der Waals surface area contributed by atoms with Crippen LogP contribution in [0.4, 0.5) is 4.39 Å². The molecule has 0 aliphatic rings. The second kappa shape index (κ2) is 8.43. The van der Waals surface area contributed by atoms with E-state index >= 15 is 0 Å². The Bertz CT molecular complexity index is 1090. The highest BCUT2D eigenvalue weighted by molar-refractivity contribution is 5.98. The van der Waals surface area contributed by atoms with Crippen molar-refractivity contribution in [2.45, 2.75) is 13.0 Å². The number of carbonyl (C=O) groups is 2. The van der Waals surface area contributed by atoms with Gasteiger partial charge in [0, 0.05) is 12.1 Å². The minimum absolute atomic E-state index is 0.0166. The first kappa shape index (κ1) is 19.2. The van der Waals surface area contributed by atoms with Gasteiger partial charge in [0.15, 0.2) is 24.0 Å². The maximum Gasteiger partial charge on any atom is 0.308 e. The van der Waals surface area contributed by atoms with Gasteiger partial charge in [-0.15, -0.1) is 0 Å². The number of halogens is 1. The average molecular weight is 384 g/mol. The molecule has 3 aromatic rings. The van der Waals surface area contributed by atoms with Crippen molar-refractivity contribution in [2.75, 3.05) is 13.7 Å². The van der Waals surface area contributed by atoms with Crippen molar-refractivity contribution >= 4 is 22.7 Å². The number of methoxy groups -OCH3 is 1. The third-order valence-corrected chi connectivity index (χ3v) is 4.13. The second-order valence-corrected chi connectivity index (χ2v) is 5.94. The molecule has 8 heteroatoms. The van der Waals surface area contributed by atoms with Crippen LogP contribution in [0.25, 0.3) is 10.9 Å². The Labute approximate surface area is 159 Å². The number of Topliss-reactive ketones (excluding diaryl/α,β-unsaturated/α-hetero) is 1. The molecule has 1 aromatic heterocycles. The normalized spacial score (nSPS) is 10.6. The Balaban J connectivity index is 1.56. The molecule has 0 unspecified atom stereocenters. The van der Waals surface area contributed by atoms with E-state index in [1.54, 1.807) is 24.3 Å². The standard InChI is InChI=1S/C20H17FN2O5/c1-27-18-7-6-13(10-15(18)21)17(24)11-28-19(25)8-9-23-12-22-16-5-3-2-4-14(16)20(23)26/h2-7,10,12H,8-9,11H2,1H3. The molecule has 0 radical (unpaired) electrons. The van der Waals surface area contributed by atoms with Gasteiger partial charge in [0.2, 0.25) is 0 Å². The maximum absolute atomic E-state index is 13.6. The molecule has 2 aromatic carbocycles. The van der Waals surface area contributed by atoms with Gasteiger partial charge in [0.1, 0.15) is 0 Å². The molecular weight excluding hydrogens is 367 g/mol. The number of aryl methyl sites for hydroxylation is 1. The van der Waals surface area contributed by atoms with Crippen molar-refractivity contribution < 1.29 is 23.5 Å².